The van der Waals surface area contributed by atoms with Gasteiger partial charge in [-0.1, -0.05) is 12.1 Å². The van der Waals surface area contributed by atoms with Gasteiger partial charge in [0, 0.05) is 35.2 Å². The van der Waals surface area contributed by atoms with E-state index in [2.05, 4.69) is 37.8 Å². The van der Waals surface area contributed by atoms with Crippen molar-refractivity contribution in [3.8, 4) is 0 Å². The number of carbonyl (C=O) groups is 1. The highest BCUT2D eigenvalue weighted by Crippen LogP contribution is 2.25. The van der Waals surface area contributed by atoms with Crippen LogP contribution >= 0.6 is 22.7 Å². The number of hydrogen-bond donors (Lipinski definition) is 0. The Morgan fingerprint density at radius 3 is 2.48 bits per heavy atom. The molecule has 0 spiro atoms. The lowest BCUT2D eigenvalue weighted by Crippen LogP contribution is -2.44. The molecule has 5 nitrogen and oxygen atoms in total. The topological polar surface area (TPSA) is 49.3 Å². The second kappa shape index (κ2) is 8.63. The first kappa shape index (κ1) is 18.1. The maximum atomic E-state index is 13.4. The van der Waals surface area contributed by atoms with E-state index in [1.807, 2.05) is 17.0 Å². The van der Waals surface area contributed by atoms with Crippen molar-refractivity contribution in [3.05, 3.63) is 63.4 Å². The lowest BCUT2D eigenvalue weighted by atomic mass is 9.96. The average Bonchev–Trinajstić information content (AvgIpc) is 3.42. The molecule has 0 aromatic carbocycles. The number of aromatic nitrogens is 2. The molecule has 1 aliphatic rings. The molecule has 4 rings (SSSR count). The van der Waals surface area contributed by atoms with Gasteiger partial charge in [-0.05, 0) is 35.7 Å². The number of nitrogens with zero attached hydrogens (tertiary/aromatic N) is 4. The molecule has 3 aromatic rings. The smallest absolute Gasteiger partial charge is 0.228 e. The van der Waals surface area contributed by atoms with Crippen LogP contribution in [-0.4, -0.2) is 33.9 Å². The quantitative estimate of drug-likeness (QED) is 0.629. The van der Waals surface area contributed by atoms with E-state index in [0.717, 1.165) is 25.2 Å². The Morgan fingerprint density at radius 2 is 1.89 bits per heavy atom. The molecule has 0 radical (unpaired) electrons. The van der Waals surface area contributed by atoms with Crippen LogP contribution in [0.25, 0.3) is 0 Å². The fourth-order valence-corrected chi connectivity index (χ4v) is 4.93. The summed E-state index contributed by atoms with van der Waals surface area (Å²) >= 11 is 3.41. The summed E-state index contributed by atoms with van der Waals surface area (Å²) in [5.74, 6) is 1.10. The van der Waals surface area contributed by atoms with Crippen LogP contribution in [-0.2, 0) is 17.9 Å². The van der Waals surface area contributed by atoms with Crippen LogP contribution in [0.1, 0.15) is 22.6 Å². The van der Waals surface area contributed by atoms with Gasteiger partial charge >= 0.3 is 0 Å². The molecule has 0 aliphatic carbocycles. The Kier molecular flexibility index (Phi) is 5.79. The number of anilines is 1. The van der Waals surface area contributed by atoms with Gasteiger partial charge in [0.1, 0.15) is 5.82 Å². The Labute approximate surface area is 167 Å². The molecule has 0 unspecified atom stereocenters. The van der Waals surface area contributed by atoms with E-state index in [1.165, 1.54) is 9.75 Å². The Hall–Kier alpha value is -2.25. The number of piperidine rings is 1. The molecule has 3 aromatic heterocycles. The molecule has 1 fully saturated rings. The van der Waals surface area contributed by atoms with Gasteiger partial charge in [0.05, 0.1) is 25.2 Å². The van der Waals surface area contributed by atoms with Gasteiger partial charge in [-0.25, -0.2) is 4.98 Å². The Morgan fingerprint density at radius 1 is 1.15 bits per heavy atom. The first-order valence-electron chi connectivity index (χ1n) is 9.14. The normalized spacial score (nSPS) is 17.0. The van der Waals surface area contributed by atoms with Crippen LogP contribution in [0.4, 0.5) is 5.82 Å². The van der Waals surface area contributed by atoms with Crippen molar-refractivity contribution in [2.24, 2.45) is 5.92 Å². The van der Waals surface area contributed by atoms with Crippen LogP contribution in [0, 0.1) is 5.92 Å². The predicted octanol–water partition coefficient (Wildman–Crippen LogP) is 4.05. The summed E-state index contributed by atoms with van der Waals surface area (Å²) in [6.07, 6.45) is 7.10. The molecule has 1 amide bonds. The molecule has 0 saturated carbocycles. The van der Waals surface area contributed by atoms with Crippen LogP contribution in [0.2, 0.25) is 0 Å². The van der Waals surface area contributed by atoms with Crippen molar-refractivity contribution in [3.63, 3.8) is 0 Å². The van der Waals surface area contributed by atoms with Gasteiger partial charge in [0.2, 0.25) is 5.91 Å². The summed E-state index contributed by atoms with van der Waals surface area (Å²) in [5, 5.41) is 4.14. The third-order valence-electron chi connectivity index (χ3n) is 4.81. The number of thiophene rings is 2. The van der Waals surface area contributed by atoms with Crippen molar-refractivity contribution >= 4 is 34.4 Å². The van der Waals surface area contributed by atoms with Crippen molar-refractivity contribution < 1.29 is 4.79 Å². The molecule has 140 valence electrons. The first-order valence-corrected chi connectivity index (χ1v) is 10.9. The molecule has 1 atom stereocenters. The van der Waals surface area contributed by atoms with Crippen LogP contribution in [0.3, 0.4) is 0 Å². The Balaban J connectivity index is 1.49. The van der Waals surface area contributed by atoms with Crippen molar-refractivity contribution in [1.82, 2.24) is 14.9 Å². The van der Waals surface area contributed by atoms with Crippen LogP contribution in [0.15, 0.2) is 53.6 Å². The van der Waals surface area contributed by atoms with E-state index < -0.39 is 0 Å². The number of rotatable bonds is 6. The van der Waals surface area contributed by atoms with Crippen LogP contribution in [0.5, 0.6) is 0 Å². The van der Waals surface area contributed by atoms with Gasteiger partial charge in [0.15, 0.2) is 0 Å². The summed E-state index contributed by atoms with van der Waals surface area (Å²) in [6, 6.07) is 8.30. The summed E-state index contributed by atoms with van der Waals surface area (Å²) in [7, 11) is 0. The van der Waals surface area contributed by atoms with E-state index in [4.69, 9.17) is 0 Å². The third-order valence-corrected chi connectivity index (χ3v) is 6.53. The highest BCUT2D eigenvalue weighted by atomic mass is 32.1. The summed E-state index contributed by atoms with van der Waals surface area (Å²) in [6.45, 7) is 2.99. The van der Waals surface area contributed by atoms with Gasteiger partial charge in [-0.15, -0.1) is 22.7 Å². The molecular formula is C20H22N4OS2. The lowest BCUT2D eigenvalue weighted by Gasteiger charge is -2.35. The predicted molar refractivity (Wildman–Crippen MR) is 110 cm³/mol. The second-order valence-electron chi connectivity index (χ2n) is 6.70. The lowest BCUT2D eigenvalue weighted by molar-refractivity contribution is -0.137. The van der Waals surface area contributed by atoms with E-state index in [-0.39, 0.29) is 11.8 Å². The van der Waals surface area contributed by atoms with Crippen LogP contribution < -0.4 is 4.90 Å². The zero-order valence-electron chi connectivity index (χ0n) is 15.0. The molecule has 7 heteroatoms. The van der Waals surface area contributed by atoms with Crippen molar-refractivity contribution in [2.45, 2.75) is 25.9 Å². The number of hydrogen-bond acceptors (Lipinski definition) is 6. The van der Waals surface area contributed by atoms with E-state index >= 15 is 0 Å². The minimum absolute atomic E-state index is 0.000630. The second-order valence-corrected chi connectivity index (χ2v) is 8.77. The fourth-order valence-electron chi connectivity index (χ4n) is 3.49. The number of carbonyl (C=O) groups excluding carboxylic acids is 1. The maximum Gasteiger partial charge on any atom is 0.228 e. The Bertz CT molecular complexity index is 800. The largest absolute Gasteiger partial charge is 0.355 e. The SMILES string of the molecule is O=C([C@@H]1CCCN(c2cnccn2)C1)N(Cc1cccs1)Cc1cccs1. The third kappa shape index (κ3) is 4.54. The van der Waals surface area contributed by atoms with E-state index in [9.17, 15) is 4.79 Å². The van der Waals surface area contributed by atoms with E-state index in [1.54, 1.807) is 41.3 Å². The van der Waals surface area contributed by atoms with Gasteiger partial charge in [0.25, 0.3) is 0 Å². The zero-order valence-corrected chi connectivity index (χ0v) is 16.7. The highest BCUT2D eigenvalue weighted by molar-refractivity contribution is 7.10. The molecule has 1 saturated heterocycles. The minimum Gasteiger partial charge on any atom is -0.355 e. The zero-order chi connectivity index (χ0) is 18.5. The van der Waals surface area contributed by atoms with Gasteiger partial charge < -0.3 is 9.80 Å². The monoisotopic (exact) mass is 398 g/mol. The molecule has 4 heterocycles. The summed E-state index contributed by atoms with van der Waals surface area (Å²) < 4.78 is 0. The fraction of sp³-hybridized carbons (Fsp3) is 0.350. The van der Waals surface area contributed by atoms with Crippen molar-refractivity contribution in [2.75, 3.05) is 18.0 Å². The highest BCUT2D eigenvalue weighted by Gasteiger charge is 2.30. The van der Waals surface area contributed by atoms with E-state index in [0.29, 0.717) is 19.6 Å². The molecule has 0 bridgehead atoms. The molecule has 0 N–H and O–H groups in total. The van der Waals surface area contributed by atoms with Gasteiger partial charge in [-0.2, -0.15) is 0 Å². The first-order chi connectivity index (χ1) is 13.3. The maximum absolute atomic E-state index is 13.4. The summed E-state index contributed by atoms with van der Waals surface area (Å²) in [5.41, 5.74) is 0. The number of amides is 1. The standard InChI is InChI=1S/C20H22N4OS2/c25-20(16-4-1-9-23(13-16)19-12-21-7-8-22-19)24(14-17-5-2-10-26-17)15-18-6-3-11-27-18/h2-3,5-8,10-12,16H,1,4,9,13-15H2/t16-/m1/s1. The molecular weight excluding hydrogens is 376 g/mol. The van der Waals surface area contributed by atoms with Crippen molar-refractivity contribution in [1.29, 1.82) is 0 Å². The molecule has 27 heavy (non-hydrogen) atoms. The van der Waals surface area contributed by atoms with Gasteiger partial charge in [-0.3, -0.25) is 9.78 Å². The summed E-state index contributed by atoms with van der Waals surface area (Å²) in [4.78, 5) is 28.6. The molecule has 1 aliphatic heterocycles. The average molecular weight is 399 g/mol. The minimum atomic E-state index is 0.000630.